The minimum absolute atomic E-state index is 0.274. The third kappa shape index (κ3) is 2.27. The summed E-state index contributed by atoms with van der Waals surface area (Å²) < 4.78 is 5.46. The van der Waals surface area contributed by atoms with Crippen LogP contribution in [0.15, 0.2) is 12.1 Å². The van der Waals surface area contributed by atoms with Gasteiger partial charge in [0, 0.05) is 31.7 Å². The molecule has 1 fully saturated rings. The summed E-state index contributed by atoms with van der Waals surface area (Å²) in [4.78, 5) is 0. The Kier molecular flexibility index (Phi) is 3.31. The maximum Gasteiger partial charge on any atom is 0.0614 e. The smallest absolute Gasteiger partial charge is 0.0614 e. The third-order valence-corrected chi connectivity index (χ3v) is 4.64. The van der Waals surface area contributed by atoms with Crippen molar-refractivity contribution in [2.45, 2.75) is 12.8 Å². The zero-order chi connectivity index (χ0) is 12.6. The van der Waals surface area contributed by atoms with E-state index in [2.05, 4.69) is 10.6 Å². The van der Waals surface area contributed by atoms with E-state index in [1.54, 1.807) is 0 Å². The van der Waals surface area contributed by atoms with Crippen LogP contribution >= 0.6 is 23.2 Å². The molecule has 0 radical (unpaired) electrons. The Morgan fingerprint density at radius 1 is 0.944 bits per heavy atom. The lowest BCUT2D eigenvalue weighted by molar-refractivity contribution is 0.0276. The van der Waals surface area contributed by atoms with Crippen molar-refractivity contribution in [2.24, 2.45) is 5.41 Å². The van der Waals surface area contributed by atoms with Crippen LogP contribution in [-0.2, 0) is 4.74 Å². The first kappa shape index (κ1) is 12.4. The lowest BCUT2D eigenvalue weighted by Gasteiger charge is -2.36. The maximum absolute atomic E-state index is 6.06. The van der Waals surface area contributed by atoms with Crippen molar-refractivity contribution in [1.82, 2.24) is 0 Å². The molecule has 18 heavy (non-hydrogen) atoms. The van der Waals surface area contributed by atoms with Gasteiger partial charge in [-0.3, -0.25) is 0 Å². The van der Waals surface area contributed by atoms with Crippen molar-refractivity contribution in [2.75, 3.05) is 36.9 Å². The predicted octanol–water partition coefficient (Wildman–Crippen LogP) is 3.63. The topological polar surface area (TPSA) is 33.3 Å². The first-order chi connectivity index (χ1) is 8.69. The van der Waals surface area contributed by atoms with E-state index in [9.17, 15) is 0 Å². The fourth-order valence-corrected chi connectivity index (χ4v) is 2.95. The van der Waals surface area contributed by atoms with Crippen molar-refractivity contribution >= 4 is 34.6 Å². The molecule has 0 amide bonds. The maximum atomic E-state index is 6.06. The third-order valence-electron chi connectivity index (χ3n) is 3.92. The number of benzene rings is 1. The van der Waals surface area contributed by atoms with Gasteiger partial charge in [0.1, 0.15) is 0 Å². The number of hydrogen-bond donors (Lipinski definition) is 2. The van der Waals surface area contributed by atoms with Gasteiger partial charge in [-0.25, -0.2) is 0 Å². The summed E-state index contributed by atoms with van der Waals surface area (Å²) in [6.07, 6.45) is 2.17. The van der Waals surface area contributed by atoms with Crippen molar-refractivity contribution in [3.63, 3.8) is 0 Å². The number of halogens is 2. The van der Waals surface area contributed by atoms with E-state index in [-0.39, 0.29) is 5.41 Å². The van der Waals surface area contributed by atoms with Crippen LogP contribution < -0.4 is 10.6 Å². The van der Waals surface area contributed by atoms with Gasteiger partial charge in [0.15, 0.2) is 0 Å². The number of fused-ring (bicyclic) bond motifs is 1. The predicted molar refractivity (Wildman–Crippen MR) is 75.9 cm³/mol. The molecule has 0 bridgehead atoms. The van der Waals surface area contributed by atoms with Gasteiger partial charge in [0.2, 0.25) is 0 Å². The van der Waals surface area contributed by atoms with Crippen LogP contribution in [0.1, 0.15) is 12.8 Å². The fourth-order valence-electron chi connectivity index (χ4n) is 2.63. The van der Waals surface area contributed by atoms with Crippen molar-refractivity contribution in [3.05, 3.63) is 22.2 Å². The standard InChI is InChI=1S/C13H16Cl2N2O/c14-9-5-11-12(6-10(9)15)17-8-13(7-16-11)1-3-18-4-2-13/h5-6,16-17H,1-4,7-8H2. The molecule has 3 nitrogen and oxygen atoms in total. The second-order valence-corrected chi connectivity index (χ2v) is 5.95. The number of rotatable bonds is 0. The highest BCUT2D eigenvalue weighted by atomic mass is 35.5. The highest BCUT2D eigenvalue weighted by Gasteiger charge is 2.34. The van der Waals surface area contributed by atoms with Crippen LogP contribution in [0.5, 0.6) is 0 Å². The molecule has 1 spiro atoms. The number of anilines is 2. The Morgan fingerprint density at radius 3 is 1.94 bits per heavy atom. The van der Waals surface area contributed by atoms with Crippen LogP contribution in [0.3, 0.4) is 0 Å². The molecular weight excluding hydrogens is 271 g/mol. The van der Waals surface area contributed by atoms with Gasteiger partial charge in [0.05, 0.1) is 21.4 Å². The van der Waals surface area contributed by atoms with Gasteiger partial charge < -0.3 is 15.4 Å². The molecule has 1 aromatic carbocycles. The molecule has 0 saturated carbocycles. The molecular formula is C13H16Cl2N2O. The lowest BCUT2D eigenvalue weighted by Crippen LogP contribution is -2.40. The Bertz CT molecular complexity index is 424. The summed E-state index contributed by atoms with van der Waals surface area (Å²) in [6, 6.07) is 3.79. The van der Waals surface area contributed by atoms with Crippen LogP contribution in [-0.4, -0.2) is 26.3 Å². The van der Waals surface area contributed by atoms with Gasteiger partial charge in [0.25, 0.3) is 0 Å². The lowest BCUT2D eigenvalue weighted by atomic mass is 9.80. The van der Waals surface area contributed by atoms with Gasteiger partial charge >= 0.3 is 0 Å². The molecule has 3 rings (SSSR count). The summed E-state index contributed by atoms with van der Waals surface area (Å²) in [5.74, 6) is 0. The van der Waals surface area contributed by atoms with Gasteiger partial charge in [-0.05, 0) is 25.0 Å². The van der Waals surface area contributed by atoms with Crippen molar-refractivity contribution < 1.29 is 4.74 Å². The highest BCUT2D eigenvalue weighted by Crippen LogP contribution is 2.39. The average Bonchev–Trinajstić information content (AvgIpc) is 2.54. The van der Waals surface area contributed by atoms with Crippen LogP contribution in [0.4, 0.5) is 11.4 Å². The van der Waals surface area contributed by atoms with E-state index in [0.717, 1.165) is 50.5 Å². The summed E-state index contributed by atoms with van der Waals surface area (Å²) in [5.41, 5.74) is 2.34. The molecule has 1 saturated heterocycles. The number of hydrogen-bond acceptors (Lipinski definition) is 3. The Balaban J connectivity index is 1.85. The van der Waals surface area contributed by atoms with Crippen LogP contribution in [0.2, 0.25) is 10.0 Å². The zero-order valence-electron chi connectivity index (χ0n) is 10.1. The summed E-state index contributed by atoms with van der Waals surface area (Å²) in [6.45, 7) is 3.60. The highest BCUT2D eigenvalue weighted by molar-refractivity contribution is 6.42. The monoisotopic (exact) mass is 286 g/mol. The van der Waals surface area contributed by atoms with Crippen molar-refractivity contribution in [1.29, 1.82) is 0 Å². The molecule has 0 unspecified atom stereocenters. The largest absolute Gasteiger partial charge is 0.383 e. The Hall–Kier alpha value is -0.640. The van der Waals surface area contributed by atoms with E-state index in [1.165, 1.54) is 0 Å². The number of ether oxygens (including phenoxy) is 1. The van der Waals surface area contributed by atoms with E-state index < -0.39 is 0 Å². The number of nitrogens with one attached hydrogen (secondary N) is 2. The SMILES string of the molecule is Clc1cc2c(cc1Cl)NCC1(CCOCC1)CN2. The molecule has 2 aliphatic heterocycles. The zero-order valence-corrected chi connectivity index (χ0v) is 11.6. The molecule has 1 aromatic rings. The van der Waals surface area contributed by atoms with Gasteiger partial charge in [-0.1, -0.05) is 23.2 Å². The summed E-state index contributed by atoms with van der Waals surface area (Å²) in [7, 11) is 0. The second kappa shape index (κ2) is 4.80. The summed E-state index contributed by atoms with van der Waals surface area (Å²) >= 11 is 12.1. The van der Waals surface area contributed by atoms with E-state index in [0.29, 0.717) is 10.0 Å². The molecule has 0 atom stereocenters. The van der Waals surface area contributed by atoms with Crippen molar-refractivity contribution in [3.8, 4) is 0 Å². The van der Waals surface area contributed by atoms with E-state index >= 15 is 0 Å². The van der Waals surface area contributed by atoms with Gasteiger partial charge in [-0.2, -0.15) is 0 Å². The average molecular weight is 287 g/mol. The Morgan fingerprint density at radius 2 is 1.44 bits per heavy atom. The van der Waals surface area contributed by atoms with E-state index in [1.807, 2.05) is 12.1 Å². The molecule has 5 heteroatoms. The normalized spacial score (nSPS) is 21.7. The molecule has 2 N–H and O–H groups in total. The minimum Gasteiger partial charge on any atom is -0.383 e. The molecule has 98 valence electrons. The minimum atomic E-state index is 0.274. The van der Waals surface area contributed by atoms with Crippen LogP contribution in [0, 0.1) is 5.41 Å². The fraction of sp³-hybridized carbons (Fsp3) is 0.538. The molecule has 2 heterocycles. The molecule has 0 aliphatic carbocycles. The first-order valence-electron chi connectivity index (χ1n) is 6.23. The molecule has 2 aliphatic rings. The second-order valence-electron chi connectivity index (χ2n) is 5.13. The van der Waals surface area contributed by atoms with E-state index in [4.69, 9.17) is 27.9 Å². The Labute approximate surface area is 117 Å². The van der Waals surface area contributed by atoms with Crippen LogP contribution in [0.25, 0.3) is 0 Å². The summed E-state index contributed by atoms with van der Waals surface area (Å²) in [5, 5.41) is 8.17. The first-order valence-corrected chi connectivity index (χ1v) is 6.99. The van der Waals surface area contributed by atoms with Gasteiger partial charge in [-0.15, -0.1) is 0 Å². The molecule has 0 aromatic heterocycles. The quantitative estimate of drug-likeness (QED) is 0.764.